The number of ether oxygens (including phenoxy) is 1. The number of carbonyl (C=O) groups is 1. The number of aromatic amines is 1. The molecule has 2 N–H and O–H groups in total. The van der Waals surface area contributed by atoms with E-state index in [-0.39, 0.29) is 5.56 Å². The number of carboxylic acid groups (broad SMARTS) is 1. The Hall–Kier alpha value is -2.89. The molecule has 2 aromatic rings. The van der Waals surface area contributed by atoms with Crippen LogP contribution in [0.15, 0.2) is 41.2 Å². The molecule has 0 unspecified atom stereocenters. The molecule has 0 saturated heterocycles. The second-order valence-electron chi connectivity index (χ2n) is 4.58. The molecule has 6 heteroatoms. The molecule has 0 aliphatic carbocycles. The lowest BCUT2D eigenvalue weighted by Crippen LogP contribution is -2.11. The number of benzene rings is 1. The summed E-state index contributed by atoms with van der Waals surface area (Å²) in [5.41, 5.74) is 1.14. The van der Waals surface area contributed by atoms with Gasteiger partial charge in [0, 0.05) is 17.2 Å². The van der Waals surface area contributed by atoms with Crippen LogP contribution in [0, 0.1) is 0 Å². The van der Waals surface area contributed by atoms with Gasteiger partial charge in [-0.15, -0.1) is 0 Å². The van der Waals surface area contributed by atoms with Crippen LogP contribution in [0.1, 0.15) is 18.9 Å². The molecular formula is C16H16N2O4. The van der Waals surface area contributed by atoms with Gasteiger partial charge in [0.2, 0.25) is 0 Å². The summed E-state index contributed by atoms with van der Waals surface area (Å²) < 4.78 is 5.50. The zero-order chi connectivity index (χ0) is 15.9. The Balaban J connectivity index is 2.27. The van der Waals surface area contributed by atoms with E-state index < -0.39 is 11.5 Å². The van der Waals surface area contributed by atoms with Crippen molar-refractivity contribution >= 4 is 12.0 Å². The number of nitrogens with zero attached hydrogens (tertiary/aromatic N) is 1. The number of nitrogens with one attached hydrogen (secondary N) is 1. The van der Waals surface area contributed by atoms with Gasteiger partial charge < -0.3 is 9.84 Å². The topological polar surface area (TPSA) is 92.3 Å². The Bertz CT molecular complexity index is 733. The summed E-state index contributed by atoms with van der Waals surface area (Å²) in [6, 6.07) is 8.85. The number of rotatable bonds is 6. The summed E-state index contributed by atoms with van der Waals surface area (Å²) >= 11 is 0. The highest BCUT2D eigenvalue weighted by atomic mass is 16.5. The number of carboxylic acids is 1. The maximum Gasteiger partial charge on any atom is 0.328 e. The van der Waals surface area contributed by atoms with Crippen molar-refractivity contribution in [2.75, 3.05) is 6.61 Å². The standard InChI is InChI=1S/C16H16N2O4/c1-2-9-22-13-6-3-11(4-7-13)14-10-12(5-8-15(19)20)16(21)18-17-14/h3-8,10H,2,9H2,1H3,(H,18,21)(H,19,20)/b8-5+. The molecule has 0 aliphatic heterocycles. The SMILES string of the molecule is CCCOc1ccc(-c2cc(/C=C/C(=O)O)c(=O)[nH]n2)cc1. The van der Waals surface area contributed by atoms with Crippen molar-refractivity contribution in [3.05, 3.63) is 52.3 Å². The summed E-state index contributed by atoms with van der Waals surface area (Å²) in [6.45, 7) is 2.69. The van der Waals surface area contributed by atoms with Crippen LogP contribution in [0.3, 0.4) is 0 Å². The Morgan fingerprint density at radius 3 is 2.73 bits per heavy atom. The van der Waals surface area contributed by atoms with Gasteiger partial charge >= 0.3 is 5.97 Å². The van der Waals surface area contributed by atoms with E-state index in [0.29, 0.717) is 12.3 Å². The van der Waals surface area contributed by atoms with Crippen LogP contribution in [-0.4, -0.2) is 27.9 Å². The van der Waals surface area contributed by atoms with E-state index in [1.807, 2.05) is 31.2 Å². The molecule has 0 fully saturated rings. The van der Waals surface area contributed by atoms with Gasteiger partial charge in [-0.1, -0.05) is 6.92 Å². The maximum atomic E-state index is 11.6. The molecule has 0 aliphatic rings. The molecule has 2 rings (SSSR count). The van der Waals surface area contributed by atoms with Gasteiger partial charge in [-0.25, -0.2) is 9.89 Å². The van der Waals surface area contributed by atoms with Gasteiger partial charge in [-0.3, -0.25) is 4.79 Å². The van der Waals surface area contributed by atoms with E-state index in [0.717, 1.165) is 23.8 Å². The number of H-pyrrole nitrogens is 1. The molecule has 0 saturated carbocycles. The minimum absolute atomic E-state index is 0.235. The van der Waals surface area contributed by atoms with Crippen molar-refractivity contribution in [2.24, 2.45) is 0 Å². The molecule has 0 bridgehead atoms. The average molecular weight is 300 g/mol. The molecule has 1 heterocycles. The monoisotopic (exact) mass is 300 g/mol. The maximum absolute atomic E-state index is 11.6. The zero-order valence-electron chi connectivity index (χ0n) is 12.1. The first kappa shape index (κ1) is 15.5. The Morgan fingerprint density at radius 1 is 1.36 bits per heavy atom. The van der Waals surface area contributed by atoms with Gasteiger partial charge in [-0.05, 0) is 42.8 Å². The van der Waals surface area contributed by atoms with Crippen LogP contribution in [-0.2, 0) is 4.79 Å². The fourth-order valence-electron chi connectivity index (χ4n) is 1.80. The van der Waals surface area contributed by atoms with Crippen molar-refractivity contribution in [1.82, 2.24) is 10.2 Å². The van der Waals surface area contributed by atoms with Gasteiger partial charge in [-0.2, -0.15) is 5.10 Å². The predicted octanol–water partition coefficient (Wildman–Crippen LogP) is 2.32. The van der Waals surface area contributed by atoms with Crippen LogP contribution in [0.4, 0.5) is 0 Å². The summed E-state index contributed by atoms with van der Waals surface area (Å²) in [7, 11) is 0. The van der Waals surface area contributed by atoms with E-state index >= 15 is 0 Å². The van der Waals surface area contributed by atoms with Crippen LogP contribution in [0.2, 0.25) is 0 Å². The highest BCUT2D eigenvalue weighted by molar-refractivity contribution is 5.85. The van der Waals surface area contributed by atoms with Crippen LogP contribution in [0.5, 0.6) is 5.75 Å². The largest absolute Gasteiger partial charge is 0.494 e. The molecule has 0 atom stereocenters. The highest BCUT2D eigenvalue weighted by Crippen LogP contribution is 2.20. The Kier molecular flexibility index (Phi) is 5.08. The number of hydrogen-bond donors (Lipinski definition) is 2. The van der Waals surface area contributed by atoms with Crippen LogP contribution >= 0.6 is 0 Å². The molecule has 1 aromatic carbocycles. The van der Waals surface area contributed by atoms with Crippen molar-refractivity contribution in [3.63, 3.8) is 0 Å². The van der Waals surface area contributed by atoms with Gasteiger partial charge in [0.15, 0.2) is 0 Å². The quantitative estimate of drug-likeness (QED) is 0.799. The van der Waals surface area contributed by atoms with Crippen molar-refractivity contribution < 1.29 is 14.6 Å². The second-order valence-corrected chi connectivity index (χ2v) is 4.58. The third kappa shape index (κ3) is 4.05. The molecule has 22 heavy (non-hydrogen) atoms. The Labute approximate surface area is 127 Å². The highest BCUT2D eigenvalue weighted by Gasteiger charge is 2.04. The lowest BCUT2D eigenvalue weighted by Gasteiger charge is -2.06. The summed E-state index contributed by atoms with van der Waals surface area (Å²) in [5, 5.41) is 15.0. The molecule has 0 amide bonds. The zero-order valence-corrected chi connectivity index (χ0v) is 12.1. The summed E-state index contributed by atoms with van der Waals surface area (Å²) in [4.78, 5) is 22.1. The molecule has 0 radical (unpaired) electrons. The van der Waals surface area contributed by atoms with Crippen LogP contribution in [0.25, 0.3) is 17.3 Å². The molecule has 0 spiro atoms. The third-order valence-corrected chi connectivity index (χ3v) is 2.86. The van der Waals surface area contributed by atoms with Crippen LogP contribution < -0.4 is 10.3 Å². The van der Waals surface area contributed by atoms with Gasteiger partial charge in [0.05, 0.1) is 12.3 Å². The number of hydrogen-bond acceptors (Lipinski definition) is 4. The first-order valence-electron chi connectivity index (χ1n) is 6.84. The summed E-state index contributed by atoms with van der Waals surface area (Å²) in [5.74, 6) is -0.351. The van der Waals surface area contributed by atoms with Crippen molar-refractivity contribution in [3.8, 4) is 17.0 Å². The molecule has 114 valence electrons. The van der Waals surface area contributed by atoms with E-state index in [9.17, 15) is 9.59 Å². The summed E-state index contributed by atoms with van der Waals surface area (Å²) in [6.07, 6.45) is 3.09. The third-order valence-electron chi connectivity index (χ3n) is 2.86. The lowest BCUT2D eigenvalue weighted by molar-refractivity contribution is -0.131. The fourth-order valence-corrected chi connectivity index (χ4v) is 1.80. The van der Waals surface area contributed by atoms with E-state index in [1.165, 1.54) is 6.08 Å². The van der Waals surface area contributed by atoms with Gasteiger partial charge in [0.25, 0.3) is 5.56 Å². The molecular weight excluding hydrogens is 284 g/mol. The van der Waals surface area contributed by atoms with Gasteiger partial charge in [0.1, 0.15) is 5.75 Å². The van der Waals surface area contributed by atoms with E-state index in [1.54, 1.807) is 6.07 Å². The van der Waals surface area contributed by atoms with Crippen molar-refractivity contribution in [1.29, 1.82) is 0 Å². The first-order valence-corrected chi connectivity index (χ1v) is 6.84. The predicted molar refractivity (Wildman–Crippen MR) is 82.7 cm³/mol. The smallest absolute Gasteiger partial charge is 0.328 e. The molecule has 1 aromatic heterocycles. The number of aromatic nitrogens is 2. The first-order chi connectivity index (χ1) is 10.6. The Morgan fingerprint density at radius 2 is 2.09 bits per heavy atom. The van der Waals surface area contributed by atoms with E-state index in [4.69, 9.17) is 9.84 Å². The average Bonchev–Trinajstić information content (AvgIpc) is 2.52. The fraction of sp³-hybridized carbons (Fsp3) is 0.188. The molecule has 6 nitrogen and oxygen atoms in total. The minimum Gasteiger partial charge on any atom is -0.494 e. The van der Waals surface area contributed by atoms with E-state index in [2.05, 4.69) is 10.2 Å². The lowest BCUT2D eigenvalue weighted by atomic mass is 10.1. The van der Waals surface area contributed by atoms with Crippen molar-refractivity contribution in [2.45, 2.75) is 13.3 Å². The second kappa shape index (κ2) is 7.21. The number of aliphatic carboxylic acids is 1. The minimum atomic E-state index is -1.12. The normalized spacial score (nSPS) is 10.8.